The molecule has 0 aliphatic carbocycles. The van der Waals surface area contributed by atoms with Crippen molar-refractivity contribution in [1.82, 2.24) is 9.97 Å². The molecule has 0 saturated heterocycles. The number of benzene rings is 1. The average Bonchev–Trinajstić information content (AvgIpc) is 2.64. The van der Waals surface area contributed by atoms with Crippen LogP contribution in [-0.2, 0) is 6.54 Å². The molecule has 78 valence electrons. The third-order valence-electron chi connectivity index (χ3n) is 2.08. The Hall–Kier alpha value is -1.29. The molecule has 0 amide bonds. The molecule has 4 heteroatoms. The van der Waals surface area contributed by atoms with Gasteiger partial charge in [-0.05, 0) is 24.6 Å². The Morgan fingerprint density at radius 3 is 2.67 bits per heavy atom. The van der Waals surface area contributed by atoms with Crippen LogP contribution in [-0.4, -0.2) is 9.97 Å². The first kappa shape index (κ1) is 10.2. The number of aromatic amines is 1. The third kappa shape index (κ3) is 2.83. The Bertz CT molecular complexity index is 433. The van der Waals surface area contributed by atoms with E-state index in [-0.39, 0.29) is 0 Å². The standard InChI is InChI=1S/C11H12BrN3/c1-8-6-13-11(15-8)14-7-9-2-4-10(12)5-3-9/h2-6H,7H2,1H3,(H2,13,14,15). The molecule has 2 aromatic rings. The van der Waals surface area contributed by atoms with Gasteiger partial charge in [-0.1, -0.05) is 28.1 Å². The number of aryl methyl sites for hydroxylation is 1. The zero-order chi connectivity index (χ0) is 10.7. The van der Waals surface area contributed by atoms with Crippen molar-refractivity contribution in [3.63, 3.8) is 0 Å². The van der Waals surface area contributed by atoms with Crippen LogP contribution in [0, 0.1) is 6.92 Å². The van der Waals surface area contributed by atoms with Crippen molar-refractivity contribution in [2.45, 2.75) is 13.5 Å². The van der Waals surface area contributed by atoms with Crippen LogP contribution >= 0.6 is 15.9 Å². The van der Waals surface area contributed by atoms with E-state index in [2.05, 4.69) is 43.3 Å². The number of nitrogens with one attached hydrogen (secondary N) is 2. The minimum Gasteiger partial charge on any atom is -0.352 e. The fourth-order valence-electron chi connectivity index (χ4n) is 1.29. The summed E-state index contributed by atoms with van der Waals surface area (Å²) in [4.78, 5) is 7.30. The number of halogens is 1. The van der Waals surface area contributed by atoms with Crippen LogP contribution in [0.25, 0.3) is 0 Å². The lowest BCUT2D eigenvalue weighted by Gasteiger charge is -2.02. The van der Waals surface area contributed by atoms with Gasteiger partial charge in [-0.15, -0.1) is 0 Å². The SMILES string of the molecule is Cc1cnc(NCc2ccc(Br)cc2)[nH]1. The maximum atomic E-state index is 4.17. The number of imidazole rings is 1. The van der Waals surface area contributed by atoms with Crippen LogP contribution in [0.15, 0.2) is 34.9 Å². The molecule has 1 aromatic carbocycles. The number of H-pyrrole nitrogens is 1. The molecule has 0 aliphatic rings. The van der Waals surface area contributed by atoms with Gasteiger partial charge >= 0.3 is 0 Å². The van der Waals surface area contributed by atoms with E-state index in [9.17, 15) is 0 Å². The first-order valence-corrected chi connectivity index (χ1v) is 5.53. The fraction of sp³-hybridized carbons (Fsp3) is 0.182. The molecule has 0 bridgehead atoms. The molecule has 0 fully saturated rings. The molecule has 0 spiro atoms. The number of aromatic nitrogens is 2. The predicted molar refractivity (Wildman–Crippen MR) is 64.8 cm³/mol. The molecule has 2 rings (SSSR count). The van der Waals surface area contributed by atoms with Crippen molar-refractivity contribution in [3.05, 3.63) is 46.2 Å². The highest BCUT2D eigenvalue weighted by Gasteiger charge is 1.96. The van der Waals surface area contributed by atoms with Crippen LogP contribution in [0.2, 0.25) is 0 Å². The van der Waals surface area contributed by atoms with E-state index in [1.807, 2.05) is 25.3 Å². The second kappa shape index (κ2) is 4.49. The number of rotatable bonds is 3. The molecular weight excluding hydrogens is 254 g/mol. The normalized spacial score (nSPS) is 10.3. The van der Waals surface area contributed by atoms with Crippen molar-refractivity contribution in [1.29, 1.82) is 0 Å². The Balaban J connectivity index is 1.96. The van der Waals surface area contributed by atoms with E-state index in [1.165, 1.54) is 5.56 Å². The van der Waals surface area contributed by atoms with E-state index in [1.54, 1.807) is 0 Å². The molecule has 0 atom stereocenters. The highest BCUT2D eigenvalue weighted by Crippen LogP contribution is 2.11. The van der Waals surface area contributed by atoms with Gasteiger partial charge in [0.2, 0.25) is 5.95 Å². The topological polar surface area (TPSA) is 40.7 Å². The molecule has 0 aliphatic heterocycles. The van der Waals surface area contributed by atoms with Gasteiger partial charge in [0.15, 0.2) is 0 Å². The summed E-state index contributed by atoms with van der Waals surface area (Å²) in [5, 5.41) is 3.22. The molecular formula is C11H12BrN3. The molecule has 0 unspecified atom stereocenters. The molecule has 0 saturated carbocycles. The molecule has 1 aromatic heterocycles. The average molecular weight is 266 g/mol. The van der Waals surface area contributed by atoms with E-state index in [0.29, 0.717) is 0 Å². The summed E-state index contributed by atoms with van der Waals surface area (Å²) in [6, 6.07) is 8.22. The molecule has 0 radical (unpaired) electrons. The van der Waals surface area contributed by atoms with Crippen LogP contribution in [0.5, 0.6) is 0 Å². The second-order valence-electron chi connectivity index (χ2n) is 3.39. The Morgan fingerprint density at radius 1 is 1.33 bits per heavy atom. The number of hydrogen-bond donors (Lipinski definition) is 2. The van der Waals surface area contributed by atoms with Gasteiger partial charge in [0, 0.05) is 22.9 Å². The van der Waals surface area contributed by atoms with E-state index in [4.69, 9.17) is 0 Å². The zero-order valence-corrected chi connectivity index (χ0v) is 10.0. The van der Waals surface area contributed by atoms with Crippen LogP contribution < -0.4 is 5.32 Å². The summed E-state index contributed by atoms with van der Waals surface area (Å²) < 4.78 is 1.10. The van der Waals surface area contributed by atoms with Crippen molar-refractivity contribution >= 4 is 21.9 Å². The second-order valence-corrected chi connectivity index (χ2v) is 4.31. The van der Waals surface area contributed by atoms with Gasteiger partial charge in [-0.2, -0.15) is 0 Å². The quantitative estimate of drug-likeness (QED) is 0.896. The minimum absolute atomic E-state index is 0.778. The van der Waals surface area contributed by atoms with E-state index < -0.39 is 0 Å². The largest absolute Gasteiger partial charge is 0.352 e. The molecule has 15 heavy (non-hydrogen) atoms. The van der Waals surface area contributed by atoms with Gasteiger partial charge in [-0.25, -0.2) is 4.98 Å². The summed E-state index contributed by atoms with van der Waals surface area (Å²) in [6.45, 7) is 2.76. The first-order valence-electron chi connectivity index (χ1n) is 4.74. The Morgan fingerprint density at radius 2 is 2.07 bits per heavy atom. The number of hydrogen-bond acceptors (Lipinski definition) is 2. The van der Waals surface area contributed by atoms with Crippen LogP contribution in [0.3, 0.4) is 0 Å². The lowest BCUT2D eigenvalue weighted by atomic mass is 10.2. The summed E-state index contributed by atoms with van der Waals surface area (Å²) in [5.41, 5.74) is 2.29. The Labute approximate surface area is 97.1 Å². The van der Waals surface area contributed by atoms with Gasteiger partial charge in [0.25, 0.3) is 0 Å². The smallest absolute Gasteiger partial charge is 0.200 e. The molecule has 3 nitrogen and oxygen atoms in total. The van der Waals surface area contributed by atoms with Crippen LogP contribution in [0.4, 0.5) is 5.95 Å². The maximum Gasteiger partial charge on any atom is 0.200 e. The Kier molecular flexibility index (Phi) is 3.06. The van der Waals surface area contributed by atoms with Crippen molar-refractivity contribution in [2.75, 3.05) is 5.32 Å². The minimum atomic E-state index is 0.778. The van der Waals surface area contributed by atoms with Gasteiger partial charge < -0.3 is 10.3 Å². The van der Waals surface area contributed by atoms with E-state index >= 15 is 0 Å². The highest BCUT2D eigenvalue weighted by molar-refractivity contribution is 9.10. The zero-order valence-electron chi connectivity index (χ0n) is 8.42. The predicted octanol–water partition coefficient (Wildman–Crippen LogP) is 3.09. The summed E-state index contributed by atoms with van der Waals surface area (Å²) >= 11 is 3.41. The van der Waals surface area contributed by atoms with Gasteiger partial charge in [-0.3, -0.25) is 0 Å². The summed E-state index contributed by atoms with van der Waals surface area (Å²) in [6.07, 6.45) is 1.81. The summed E-state index contributed by atoms with van der Waals surface area (Å²) in [5.74, 6) is 0.815. The van der Waals surface area contributed by atoms with Crippen molar-refractivity contribution in [3.8, 4) is 0 Å². The van der Waals surface area contributed by atoms with Crippen molar-refractivity contribution < 1.29 is 0 Å². The van der Waals surface area contributed by atoms with E-state index in [0.717, 1.165) is 22.7 Å². The monoisotopic (exact) mass is 265 g/mol. The number of anilines is 1. The maximum absolute atomic E-state index is 4.17. The lowest BCUT2D eigenvalue weighted by molar-refractivity contribution is 1.08. The first-order chi connectivity index (χ1) is 7.24. The summed E-state index contributed by atoms with van der Waals surface area (Å²) in [7, 11) is 0. The lowest BCUT2D eigenvalue weighted by Crippen LogP contribution is -2.00. The number of nitrogens with zero attached hydrogens (tertiary/aromatic N) is 1. The molecule has 2 N–H and O–H groups in total. The van der Waals surface area contributed by atoms with Gasteiger partial charge in [0.05, 0.1) is 0 Å². The molecule has 1 heterocycles. The van der Waals surface area contributed by atoms with Gasteiger partial charge in [0.1, 0.15) is 0 Å². The van der Waals surface area contributed by atoms with Crippen LogP contribution in [0.1, 0.15) is 11.3 Å². The third-order valence-corrected chi connectivity index (χ3v) is 2.60. The van der Waals surface area contributed by atoms with Crippen molar-refractivity contribution in [2.24, 2.45) is 0 Å². The fourth-order valence-corrected chi connectivity index (χ4v) is 1.55. The highest BCUT2D eigenvalue weighted by atomic mass is 79.9.